The van der Waals surface area contributed by atoms with E-state index < -0.39 is 0 Å². The third-order valence-corrected chi connectivity index (χ3v) is 2.64. The summed E-state index contributed by atoms with van der Waals surface area (Å²) in [6.07, 6.45) is 1.08. The summed E-state index contributed by atoms with van der Waals surface area (Å²) >= 11 is 0. The maximum atomic E-state index is 11.5. The number of carbonyl (C=O) groups is 1. The minimum atomic E-state index is -0.0285. The second kappa shape index (κ2) is 10.2. The van der Waals surface area contributed by atoms with Gasteiger partial charge in [0.05, 0.1) is 26.2 Å². The van der Waals surface area contributed by atoms with Gasteiger partial charge in [0, 0.05) is 13.2 Å². The molecule has 5 nitrogen and oxygen atoms in total. The smallest absolute Gasteiger partial charge is 0.223 e. The van der Waals surface area contributed by atoms with E-state index in [0.29, 0.717) is 32.8 Å². The van der Waals surface area contributed by atoms with Crippen LogP contribution in [0.3, 0.4) is 0 Å². The van der Waals surface area contributed by atoms with Crippen LogP contribution in [0.4, 0.5) is 0 Å². The second-order valence-corrected chi connectivity index (χ2v) is 4.45. The molecule has 0 aliphatic carbocycles. The highest BCUT2D eigenvalue weighted by Gasteiger charge is 2.01. The van der Waals surface area contributed by atoms with Crippen molar-refractivity contribution in [3.05, 3.63) is 29.8 Å². The van der Waals surface area contributed by atoms with Gasteiger partial charge in [0.25, 0.3) is 0 Å². The second-order valence-electron chi connectivity index (χ2n) is 4.45. The van der Waals surface area contributed by atoms with Gasteiger partial charge in [-0.1, -0.05) is 17.7 Å². The molecule has 2 N–H and O–H groups in total. The Hall–Kier alpha value is -1.59. The van der Waals surface area contributed by atoms with Crippen LogP contribution >= 0.6 is 0 Å². The van der Waals surface area contributed by atoms with E-state index in [4.69, 9.17) is 14.6 Å². The van der Waals surface area contributed by atoms with Gasteiger partial charge >= 0.3 is 0 Å². The average molecular weight is 281 g/mol. The molecule has 0 aliphatic rings. The summed E-state index contributed by atoms with van der Waals surface area (Å²) in [6.45, 7) is 3.88. The first-order valence-electron chi connectivity index (χ1n) is 6.87. The fourth-order valence-electron chi connectivity index (χ4n) is 1.55. The van der Waals surface area contributed by atoms with Gasteiger partial charge in [-0.2, -0.15) is 0 Å². The van der Waals surface area contributed by atoms with Crippen molar-refractivity contribution in [1.29, 1.82) is 0 Å². The zero-order chi connectivity index (χ0) is 14.6. The van der Waals surface area contributed by atoms with Crippen LogP contribution in [-0.4, -0.2) is 44.0 Å². The van der Waals surface area contributed by atoms with Crippen LogP contribution in [0.25, 0.3) is 0 Å². The molecule has 0 heterocycles. The lowest BCUT2D eigenvalue weighted by Gasteiger charge is -2.07. The Kier molecular flexibility index (Phi) is 8.42. The van der Waals surface area contributed by atoms with Gasteiger partial charge in [-0.3, -0.25) is 4.79 Å². The number of rotatable bonds is 10. The van der Waals surface area contributed by atoms with Crippen LogP contribution in [-0.2, 0) is 9.53 Å². The van der Waals surface area contributed by atoms with Crippen LogP contribution in [0.1, 0.15) is 18.4 Å². The van der Waals surface area contributed by atoms with Gasteiger partial charge in [-0.05, 0) is 25.5 Å². The highest BCUT2D eigenvalue weighted by Crippen LogP contribution is 2.11. The number of benzene rings is 1. The molecular weight excluding hydrogens is 258 g/mol. The zero-order valence-corrected chi connectivity index (χ0v) is 11.9. The predicted octanol–water partition coefficient (Wildman–Crippen LogP) is 1.28. The van der Waals surface area contributed by atoms with Crippen molar-refractivity contribution >= 4 is 5.91 Å². The Morgan fingerprint density at radius 3 is 2.65 bits per heavy atom. The molecule has 0 aromatic heterocycles. The summed E-state index contributed by atoms with van der Waals surface area (Å²) in [6, 6.07) is 7.74. The Balaban J connectivity index is 2.01. The van der Waals surface area contributed by atoms with Gasteiger partial charge in [0.1, 0.15) is 5.75 Å². The Morgan fingerprint density at radius 1 is 1.20 bits per heavy atom. The molecule has 0 bridgehead atoms. The molecule has 0 unspecified atom stereocenters. The Labute approximate surface area is 119 Å². The molecule has 0 saturated heterocycles. The molecular formula is C15H23NO4. The highest BCUT2D eigenvalue weighted by molar-refractivity contribution is 5.75. The van der Waals surface area contributed by atoms with Crippen molar-refractivity contribution in [2.75, 3.05) is 33.0 Å². The molecule has 1 aromatic carbocycles. The van der Waals surface area contributed by atoms with Crippen molar-refractivity contribution in [2.45, 2.75) is 19.8 Å². The van der Waals surface area contributed by atoms with Crippen molar-refractivity contribution < 1.29 is 19.4 Å². The molecule has 1 amide bonds. The lowest BCUT2D eigenvalue weighted by atomic mass is 10.2. The number of ether oxygens (including phenoxy) is 2. The Bertz CT molecular complexity index is 378. The molecule has 20 heavy (non-hydrogen) atoms. The van der Waals surface area contributed by atoms with Crippen LogP contribution in [0, 0.1) is 6.92 Å². The van der Waals surface area contributed by atoms with Crippen molar-refractivity contribution in [3.63, 3.8) is 0 Å². The molecule has 0 fully saturated rings. The summed E-state index contributed by atoms with van der Waals surface area (Å²) in [5.41, 5.74) is 1.18. The number of aliphatic hydroxyl groups excluding tert-OH is 1. The van der Waals surface area contributed by atoms with E-state index in [1.165, 1.54) is 5.56 Å². The summed E-state index contributed by atoms with van der Waals surface area (Å²) in [7, 11) is 0. The number of carbonyl (C=O) groups excluding carboxylic acids is 1. The van der Waals surface area contributed by atoms with Crippen LogP contribution < -0.4 is 10.1 Å². The lowest BCUT2D eigenvalue weighted by molar-refractivity contribution is -0.121. The fraction of sp³-hybridized carbons (Fsp3) is 0.533. The van der Waals surface area contributed by atoms with E-state index >= 15 is 0 Å². The summed E-state index contributed by atoms with van der Waals surface area (Å²) in [5, 5.41) is 11.3. The average Bonchev–Trinajstić information content (AvgIpc) is 2.45. The van der Waals surface area contributed by atoms with E-state index in [9.17, 15) is 4.79 Å². The van der Waals surface area contributed by atoms with Crippen molar-refractivity contribution in [1.82, 2.24) is 5.32 Å². The van der Waals surface area contributed by atoms with E-state index in [1.807, 2.05) is 31.2 Å². The maximum Gasteiger partial charge on any atom is 0.223 e. The SMILES string of the molecule is Cc1ccc(OCCC(=O)NCCCOCCO)cc1. The standard InChI is InChI=1S/C15H23NO4/c1-13-3-5-14(6-4-13)20-11-7-15(18)16-8-2-10-19-12-9-17/h3-6,17H,2,7-12H2,1H3,(H,16,18). The number of aliphatic hydroxyl groups is 1. The Morgan fingerprint density at radius 2 is 1.95 bits per heavy atom. The monoisotopic (exact) mass is 281 g/mol. The predicted molar refractivity (Wildman–Crippen MR) is 76.8 cm³/mol. The normalized spacial score (nSPS) is 10.3. The molecule has 1 rings (SSSR count). The molecule has 0 saturated carbocycles. The molecule has 0 aliphatic heterocycles. The van der Waals surface area contributed by atoms with Crippen LogP contribution in [0.15, 0.2) is 24.3 Å². The number of hydrogen-bond acceptors (Lipinski definition) is 4. The van der Waals surface area contributed by atoms with E-state index in [2.05, 4.69) is 5.32 Å². The molecule has 112 valence electrons. The third-order valence-electron chi connectivity index (χ3n) is 2.64. The number of hydrogen-bond donors (Lipinski definition) is 2. The molecule has 5 heteroatoms. The van der Waals surface area contributed by atoms with Crippen LogP contribution in [0.5, 0.6) is 5.75 Å². The van der Waals surface area contributed by atoms with Gasteiger partial charge in [0.15, 0.2) is 0 Å². The third kappa shape index (κ3) is 7.76. The lowest BCUT2D eigenvalue weighted by Crippen LogP contribution is -2.26. The van der Waals surface area contributed by atoms with E-state index in [-0.39, 0.29) is 12.5 Å². The van der Waals surface area contributed by atoms with Crippen molar-refractivity contribution in [2.24, 2.45) is 0 Å². The van der Waals surface area contributed by atoms with E-state index in [1.54, 1.807) is 0 Å². The molecule has 1 aromatic rings. The highest BCUT2D eigenvalue weighted by atomic mass is 16.5. The minimum absolute atomic E-state index is 0.0285. The molecule has 0 atom stereocenters. The quantitative estimate of drug-likeness (QED) is 0.634. The molecule has 0 radical (unpaired) electrons. The maximum absolute atomic E-state index is 11.5. The first kappa shape index (κ1) is 16.5. The number of amides is 1. The zero-order valence-electron chi connectivity index (χ0n) is 11.9. The number of aryl methyl sites for hydroxylation is 1. The van der Waals surface area contributed by atoms with Gasteiger partial charge in [-0.15, -0.1) is 0 Å². The molecule has 0 spiro atoms. The minimum Gasteiger partial charge on any atom is -0.493 e. The summed E-state index contributed by atoms with van der Waals surface area (Å²) < 4.78 is 10.6. The largest absolute Gasteiger partial charge is 0.493 e. The number of nitrogens with one attached hydrogen (secondary N) is 1. The van der Waals surface area contributed by atoms with Crippen molar-refractivity contribution in [3.8, 4) is 5.75 Å². The summed E-state index contributed by atoms with van der Waals surface area (Å²) in [4.78, 5) is 11.5. The van der Waals surface area contributed by atoms with Gasteiger partial charge in [-0.25, -0.2) is 0 Å². The van der Waals surface area contributed by atoms with E-state index in [0.717, 1.165) is 12.2 Å². The van der Waals surface area contributed by atoms with Crippen LogP contribution in [0.2, 0.25) is 0 Å². The first-order chi connectivity index (χ1) is 9.72. The topological polar surface area (TPSA) is 67.8 Å². The van der Waals surface area contributed by atoms with Gasteiger partial charge < -0.3 is 19.9 Å². The fourth-order valence-corrected chi connectivity index (χ4v) is 1.55. The van der Waals surface area contributed by atoms with Gasteiger partial charge in [0.2, 0.25) is 5.91 Å². The first-order valence-corrected chi connectivity index (χ1v) is 6.87. The summed E-state index contributed by atoms with van der Waals surface area (Å²) in [5.74, 6) is 0.750.